The first-order valence-electron chi connectivity index (χ1n) is 5.89. The third kappa shape index (κ3) is 2.18. The average molecular weight is 246 g/mol. The molecule has 0 bridgehead atoms. The fraction of sp³-hybridized carbons (Fsp3) is 0.286. The van der Waals surface area contributed by atoms with Crippen molar-refractivity contribution in [2.45, 2.75) is 27.2 Å². The van der Waals surface area contributed by atoms with Gasteiger partial charge in [0.25, 0.3) is 5.56 Å². The molecule has 4 heteroatoms. The molecule has 1 N–H and O–H groups in total. The molecule has 0 atom stereocenters. The van der Waals surface area contributed by atoms with Gasteiger partial charge in [-0.05, 0) is 31.9 Å². The molecule has 94 valence electrons. The number of benzene rings is 1. The minimum Gasteiger partial charge on any atom is -0.306 e. The van der Waals surface area contributed by atoms with Gasteiger partial charge in [0.1, 0.15) is 11.6 Å². The zero-order chi connectivity index (χ0) is 13.3. The van der Waals surface area contributed by atoms with Crippen LogP contribution in [0, 0.1) is 19.7 Å². The zero-order valence-corrected chi connectivity index (χ0v) is 10.7. The molecule has 0 radical (unpaired) electrons. The van der Waals surface area contributed by atoms with Crippen LogP contribution in [-0.4, -0.2) is 9.97 Å². The summed E-state index contributed by atoms with van der Waals surface area (Å²) in [4.78, 5) is 18.8. The van der Waals surface area contributed by atoms with Gasteiger partial charge in [0.15, 0.2) is 0 Å². The maximum absolute atomic E-state index is 13.5. The fourth-order valence-corrected chi connectivity index (χ4v) is 1.90. The van der Waals surface area contributed by atoms with Gasteiger partial charge < -0.3 is 4.98 Å². The largest absolute Gasteiger partial charge is 0.306 e. The van der Waals surface area contributed by atoms with Gasteiger partial charge >= 0.3 is 0 Å². The van der Waals surface area contributed by atoms with E-state index in [0.717, 1.165) is 0 Å². The minimum absolute atomic E-state index is 0.152. The molecule has 0 saturated heterocycles. The number of aromatic amines is 1. The molecule has 1 aromatic heterocycles. The molecule has 0 aliphatic carbocycles. The number of nitrogens with zero attached hydrogens (tertiary/aromatic N) is 1. The Morgan fingerprint density at radius 1 is 1.33 bits per heavy atom. The van der Waals surface area contributed by atoms with Crippen LogP contribution in [0.15, 0.2) is 23.0 Å². The summed E-state index contributed by atoms with van der Waals surface area (Å²) >= 11 is 0. The second-order valence-corrected chi connectivity index (χ2v) is 4.30. The minimum atomic E-state index is -0.299. The molecular formula is C14H15FN2O. The van der Waals surface area contributed by atoms with Crippen LogP contribution in [0.1, 0.15) is 23.7 Å². The molecule has 2 rings (SSSR count). The van der Waals surface area contributed by atoms with Crippen LogP contribution < -0.4 is 5.56 Å². The smallest absolute Gasteiger partial charge is 0.254 e. The van der Waals surface area contributed by atoms with Crippen molar-refractivity contribution in [1.82, 2.24) is 9.97 Å². The molecule has 0 unspecified atom stereocenters. The number of nitrogens with one attached hydrogen (secondary N) is 1. The van der Waals surface area contributed by atoms with Gasteiger partial charge in [0.05, 0.1) is 0 Å². The van der Waals surface area contributed by atoms with E-state index in [1.165, 1.54) is 6.07 Å². The van der Waals surface area contributed by atoms with Gasteiger partial charge in [-0.2, -0.15) is 0 Å². The molecule has 0 spiro atoms. The quantitative estimate of drug-likeness (QED) is 0.885. The average Bonchev–Trinajstić information content (AvgIpc) is 2.32. The molecule has 0 saturated carbocycles. The van der Waals surface area contributed by atoms with Crippen LogP contribution in [0.5, 0.6) is 0 Å². The highest BCUT2D eigenvalue weighted by molar-refractivity contribution is 5.55. The molecule has 0 aliphatic heterocycles. The lowest BCUT2D eigenvalue weighted by Crippen LogP contribution is -2.16. The number of hydrogen-bond acceptors (Lipinski definition) is 2. The van der Waals surface area contributed by atoms with Gasteiger partial charge in [-0.3, -0.25) is 4.79 Å². The second kappa shape index (κ2) is 4.72. The fourth-order valence-electron chi connectivity index (χ4n) is 1.90. The van der Waals surface area contributed by atoms with Gasteiger partial charge in [-0.15, -0.1) is 0 Å². The SMILES string of the molecule is CCc1c(C)nc(-c2ccc(C)c(F)c2)[nH]c1=O. The summed E-state index contributed by atoms with van der Waals surface area (Å²) in [5.74, 6) is 0.112. The summed E-state index contributed by atoms with van der Waals surface area (Å²) < 4.78 is 13.5. The molecule has 1 heterocycles. The number of aromatic nitrogens is 2. The Kier molecular flexibility index (Phi) is 3.28. The van der Waals surface area contributed by atoms with Crippen LogP contribution in [0.25, 0.3) is 11.4 Å². The maximum Gasteiger partial charge on any atom is 0.254 e. The molecule has 0 fully saturated rings. The zero-order valence-electron chi connectivity index (χ0n) is 10.7. The number of hydrogen-bond donors (Lipinski definition) is 1. The van der Waals surface area contributed by atoms with E-state index in [9.17, 15) is 9.18 Å². The van der Waals surface area contributed by atoms with Crippen LogP contribution >= 0.6 is 0 Å². The van der Waals surface area contributed by atoms with Crippen LogP contribution in [0.4, 0.5) is 4.39 Å². The highest BCUT2D eigenvalue weighted by atomic mass is 19.1. The Labute approximate surface area is 105 Å². The van der Waals surface area contributed by atoms with Crippen LogP contribution in [-0.2, 0) is 6.42 Å². The first-order valence-corrected chi connectivity index (χ1v) is 5.89. The van der Waals surface area contributed by atoms with E-state index in [1.807, 2.05) is 6.92 Å². The summed E-state index contributed by atoms with van der Waals surface area (Å²) in [6.07, 6.45) is 0.636. The molecule has 0 amide bonds. The second-order valence-electron chi connectivity index (χ2n) is 4.30. The van der Waals surface area contributed by atoms with Crippen LogP contribution in [0.3, 0.4) is 0 Å². The van der Waals surface area contributed by atoms with Gasteiger partial charge in [-0.25, -0.2) is 9.37 Å². The van der Waals surface area contributed by atoms with Crippen molar-refractivity contribution < 1.29 is 4.39 Å². The molecule has 18 heavy (non-hydrogen) atoms. The standard InChI is InChI=1S/C14H15FN2O/c1-4-11-9(3)16-13(17-14(11)18)10-6-5-8(2)12(15)7-10/h5-7H,4H2,1-3H3,(H,16,17,18). The Bertz CT molecular complexity index is 647. The van der Waals surface area contributed by atoms with E-state index < -0.39 is 0 Å². The normalized spacial score (nSPS) is 10.7. The first-order chi connectivity index (χ1) is 8.52. The third-order valence-corrected chi connectivity index (χ3v) is 3.02. The Hall–Kier alpha value is -1.97. The summed E-state index contributed by atoms with van der Waals surface area (Å²) in [5.41, 5.74) is 2.37. The number of aryl methyl sites for hydroxylation is 2. The van der Waals surface area contributed by atoms with Crippen molar-refractivity contribution in [3.05, 3.63) is 51.2 Å². The monoisotopic (exact) mass is 246 g/mol. The van der Waals surface area contributed by atoms with Gasteiger partial charge in [0.2, 0.25) is 0 Å². The van der Waals surface area contributed by atoms with Crippen molar-refractivity contribution in [2.24, 2.45) is 0 Å². The lowest BCUT2D eigenvalue weighted by Gasteiger charge is -2.06. The molecule has 3 nitrogen and oxygen atoms in total. The maximum atomic E-state index is 13.5. The lowest BCUT2D eigenvalue weighted by atomic mass is 10.1. The Morgan fingerprint density at radius 3 is 2.61 bits per heavy atom. The number of H-pyrrole nitrogens is 1. The number of halogens is 1. The Balaban J connectivity index is 2.58. The van der Waals surface area contributed by atoms with E-state index in [2.05, 4.69) is 9.97 Å². The van der Waals surface area contributed by atoms with E-state index in [1.54, 1.807) is 26.0 Å². The molecule has 0 aliphatic rings. The van der Waals surface area contributed by atoms with Gasteiger partial charge in [-0.1, -0.05) is 19.1 Å². The van der Waals surface area contributed by atoms with Crippen molar-refractivity contribution in [3.63, 3.8) is 0 Å². The summed E-state index contributed by atoms with van der Waals surface area (Å²) in [6.45, 7) is 5.40. The topological polar surface area (TPSA) is 45.8 Å². The van der Waals surface area contributed by atoms with E-state index >= 15 is 0 Å². The molecular weight excluding hydrogens is 231 g/mol. The summed E-state index contributed by atoms with van der Waals surface area (Å²) in [7, 11) is 0. The van der Waals surface area contributed by atoms with E-state index in [0.29, 0.717) is 34.6 Å². The molecule has 2 aromatic rings. The predicted octanol–water partition coefficient (Wildman–Crippen LogP) is 2.76. The van der Waals surface area contributed by atoms with Crippen LogP contribution in [0.2, 0.25) is 0 Å². The highest BCUT2D eigenvalue weighted by Crippen LogP contribution is 2.18. The van der Waals surface area contributed by atoms with E-state index in [-0.39, 0.29) is 11.4 Å². The summed E-state index contributed by atoms with van der Waals surface area (Å²) in [6, 6.07) is 4.81. The Morgan fingerprint density at radius 2 is 2.06 bits per heavy atom. The molecule has 1 aromatic carbocycles. The third-order valence-electron chi connectivity index (χ3n) is 3.02. The summed E-state index contributed by atoms with van der Waals surface area (Å²) in [5, 5.41) is 0. The van der Waals surface area contributed by atoms with E-state index in [4.69, 9.17) is 0 Å². The van der Waals surface area contributed by atoms with Crippen molar-refractivity contribution >= 4 is 0 Å². The number of rotatable bonds is 2. The van der Waals surface area contributed by atoms with Crippen molar-refractivity contribution in [2.75, 3.05) is 0 Å². The first kappa shape index (κ1) is 12.5. The predicted molar refractivity (Wildman–Crippen MR) is 69.1 cm³/mol. The van der Waals surface area contributed by atoms with Crippen molar-refractivity contribution in [3.8, 4) is 11.4 Å². The van der Waals surface area contributed by atoms with Gasteiger partial charge in [0, 0.05) is 16.8 Å². The highest BCUT2D eigenvalue weighted by Gasteiger charge is 2.09. The van der Waals surface area contributed by atoms with Crippen molar-refractivity contribution in [1.29, 1.82) is 0 Å². The lowest BCUT2D eigenvalue weighted by molar-refractivity contribution is 0.619.